The van der Waals surface area contributed by atoms with Gasteiger partial charge in [-0.25, -0.2) is 8.78 Å². The summed E-state index contributed by atoms with van der Waals surface area (Å²) in [6.07, 6.45) is -3.21. The van der Waals surface area contributed by atoms with Crippen molar-refractivity contribution < 1.29 is 31.5 Å². The number of aromatic nitrogens is 2. The summed E-state index contributed by atoms with van der Waals surface area (Å²) in [5.74, 6) is -3.46. The maximum absolute atomic E-state index is 14.3. The highest BCUT2D eigenvalue weighted by Crippen LogP contribution is 2.42. The van der Waals surface area contributed by atoms with E-state index in [0.29, 0.717) is 23.3 Å². The summed E-state index contributed by atoms with van der Waals surface area (Å²) in [5.41, 5.74) is 1.63. The molecular formula is C31H20ClF5N4O2. The third kappa shape index (κ3) is 5.10. The molecule has 0 saturated carbocycles. The first-order valence-corrected chi connectivity index (χ1v) is 13.2. The Morgan fingerprint density at radius 2 is 1.74 bits per heavy atom. The van der Waals surface area contributed by atoms with Gasteiger partial charge in [-0.2, -0.15) is 18.3 Å². The number of hydrogen-bond acceptors (Lipinski definition) is 3. The topological polar surface area (TPSA) is 76.0 Å². The van der Waals surface area contributed by atoms with Crippen molar-refractivity contribution in [3.63, 3.8) is 0 Å². The van der Waals surface area contributed by atoms with E-state index in [1.54, 1.807) is 30.1 Å². The number of fused-ring (bicyclic) bond motifs is 2. The molecule has 0 spiro atoms. The Kier molecular flexibility index (Phi) is 6.72. The Hall–Kier alpha value is -4.77. The number of halogens is 6. The van der Waals surface area contributed by atoms with Crippen molar-refractivity contribution in [3.05, 3.63) is 117 Å². The van der Waals surface area contributed by atoms with Gasteiger partial charge in [0, 0.05) is 45.4 Å². The molecule has 12 heteroatoms. The molecule has 1 aromatic heterocycles. The molecule has 5 aromatic rings. The van der Waals surface area contributed by atoms with E-state index in [-0.39, 0.29) is 33.5 Å². The van der Waals surface area contributed by atoms with Gasteiger partial charge in [0.15, 0.2) is 0 Å². The zero-order valence-electron chi connectivity index (χ0n) is 22.4. The normalized spacial score (nSPS) is 14.6. The second-order valence-electron chi connectivity index (χ2n) is 10.2. The minimum absolute atomic E-state index is 0.0444. The molecule has 1 unspecified atom stereocenters. The number of alkyl halides is 3. The van der Waals surface area contributed by atoms with Crippen LogP contribution in [-0.2, 0) is 13.2 Å². The van der Waals surface area contributed by atoms with Gasteiger partial charge in [0.25, 0.3) is 11.8 Å². The summed E-state index contributed by atoms with van der Waals surface area (Å²) in [5, 5.41) is 10.6. The van der Waals surface area contributed by atoms with Crippen LogP contribution in [0.1, 0.15) is 49.0 Å². The van der Waals surface area contributed by atoms with E-state index in [2.05, 4.69) is 15.7 Å². The van der Waals surface area contributed by atoms with Crippen molar-refractivity contribution in [2.45, 2.75) is 19.1 Å². The smallest absolute Gasteiger partial charge is 0.341 e. The molecular weight excluding hydrogens is 591 g/mol. The predicted molar refractivity (Wildman–Crippen MR) is 151 cm³/mol. The quantitative estimate of drug-likeness (QED) is 0.206. The average Bonchev–Trinajstić information content (AvgIpc) is 3.49. The van der Waals surface area contributed by atoms with Crippen molar-refractivity contribution >= 4 is 40.0 Å². The monoisotopic (exact) mass is 610 g/mol. The number of hydrogen-bond donors (Lipinski definition) is 2. The first-order valence-electron chi connectivity index (χ1n) is 12.9. The predicted octanol–water partition coefficient (Wildman–Crippen LogP) is 7.58. The van der Waals surface area contributed by atoms with E-state index in [1.165, 1.54) is 6.07 Å². The lowest BCUT2D eigenvalue weighted by Crippen LogP contribution is -2.21. The first-order chi connectivity index (χ1) is 20.3. The zero-order valence-corrected chi connectivity index (χ0v) is 23.2. The number of carbonyl (C=O) groups excluding carboxylic acids is 2. The molecule has 4 aromatic carbocycles. The Bertz CT molecular complexity index is 1990. The highest BCUT2D eigenvalue weighted by molar-refractivity contribution is 6.31. The third-order valence-electron chi connectivity index (χ3n) is 7.35. The Balaban J connectivity index is 1.53. The van der Waals surface area contributed by atoms with Crippen LogP contribution < -0.4 is 10.6 Å². The maximum atomic E-state index is 14.3. The van der Waals surface area contributed by atoms with E-state index >= 15 is 0 Å². The molecule has 2 N–H and O–H groups in total. The summed E-state index contributed by atoms with van der Waals surface area (Å²) in [7, 11) is 1.80. The second kappa shape index (κ2) is 10.2. The zero-order chi connectivity index (χ0) is 30.8. The van der Waals surface area contributed by atoms with E-state index in [9.17, 15) is 31.5 Å². The molecule has 6 nitrogen and oxygen atoms in total. The summed E-state index contributed by atoms with van der Waals surface area (Å²) in [6, 6.07) is 11.0. The van der Waals surface area contributed by atoms with Gasteiger partial charge in [-0.05, 0) is 84.3 Å². The average molecular weight is 611 g/mol. The molecule has 0 radical (unpaired) electrons. The van der Waals surface area contributed by atoms with E-state index in [4.69, 9.17) is 11.6 Å². The Labute approximate surface area is 246 Å². The number of aryl methyl sites for hydroxylation is 2. The number of rotatable bonds is 4. The van der Waals surface area contributed by atoms with Crippen LogP contribution in [0.5, 0.6) is 0 Å². The Morgan fingerprint density at radius 3 is 2.49 bits per heavy atom. The summed E-state index contributed by atoms with van der Waals surface area (Å²) < 4.78 is 70.2. The molecule has 218 valence electrons. The van der Waals surface area contributed by atoms with Gasteiger partial charge < -0.3 is 10.6 Å². The fourth-order valence-electron chi connectivity index (χ4n) is 5.47. The molecule has 0 aliphatic carbocycles. The first kappa shape index (κ1) is 28.4. The third-order valence-corrected chi connectivity index (χ3v) is 7.69. The molecule has 6 rings (SSSR count). The lowest BCUT2D eigenvalue weighted by atomic mass is 9.91. The number of benzene rings is 4. The van der Waals surface area contributed by atoms with Crippen LogP contribution in [0, 0.1) is 18.6 Å². The van der Waals surface area contributed by atoms with Gasteiger partial charge in [-0.3, -0.25) is 14.3 Å². The lowest BCUT2D eigenvalue weighted by molar-refractivity contribution is -0.137. The molecule has 2 amide bonds. The SMILES string of the molecule is Cc1cc(-c2cc(NC(=O)c3cc(F)cc(C(F)(F)F)c3)c3c(c2)C(=O)NC3c2cc(F)ccc2Cl)cc2cnn(C)c12. The Morgan fingerprint density at radius 1 is 1.00 bits per heavy atom. The highest BCUT2D eigenvalue weighted by atomic mass is 35.5. The van der Waals surface area contributed by atoms with Gasteiger partial charge in [0.05, 0.1) is 23.3 Å². The van der Waals surface area contributed by atoms with Crippen LogP contribution in [0.4, 0.5) is 27.6 Å². The fourth-order valence-corrected chi connectivity index (χ4v) is 5.70. The lowest BCUT2D eigenvalue weighted by Gasteiger charge is -2.19. The van der Waals surface area contributed by atoms with Crippen molar-refractivity contribution in [3.8, 4) is 11.1 Å². The summed E-state index contributed by atoms with van der Waals surface area (Å²) in [4.78, 5) is 26.6. The molecule has 1 aliphatic heterocycles. The van der Waals surface area contributed by atoms with E-state index in [1.807, 2.05) is 19.1 Å². The van der Waals surface area contributed by atoms with Crippen molar-refractivity contribution in [1.82, 2.24) is 15.1 Å². The largest absolute Gasteiger partial charge is 0.416 e. The second-order valence-corrected chi connectivity index (χ2v) is 10.6. The number of nitrogens with zero attached hydrogens (tertiary/aromatic N) is 2. The summed E-state index contributed by atoms with van der Waals surface area (Å²) in [6.45, 7) is 1.89. The van der Waals surface area contributed by atoms with Crippen LogP contribution in [0.2, 0.25) is 5.02 Å². The number of nitrogens with one attached hydrogen (secondary N) is 2. The molecule has 0 bridgehead atoms. The highest BCUT2D eigenvalue weighted by Gasteiger charge is 2.36. The molecule has 1 aliphatic rings. The van der Waals surface area contributed by atoms with Crippen LogP contribution in [0.3, 0.4) is 0 Å². The molecule has 1 atom stereocenters. The van der Waals surface area contributed by atoms with Gasteiger partial charge in [0.2, 0.25) is 0 Å². The van der Waals surface area contributed by atoms with Crippen molar-refractivity contribution in [2.75, 3.05) is 5.32 Å². The number of carbonyl (C=O) groups is 2. The van der Waals surface area contributed by atoms with Gasteiger partial charge in [-0.1, -0.05) is 11.6 Å². The van der Waals surface area contributed by atoms with Crippen LogP contribution >= 0.6 is 11.6 Å². The number of anilines is 1. The molecule has 43 heavy (non-hydrogen) atoms. The van der Waals surface area contributed by atoms with Crippen molar-refractivity contribution in [1.29, 1.82) is 0 Å². The van der Waals surface area contributed by atoms with Gasteiger partial charge in [0.1, 0.15) is 11.6 Å². The van der Waals surface area contributed by atoms with Crippen molar-refractivity contribution in [2.24, 2.45) is 7.05 Å². The maximum Gasteiger partial charge on any atom is 0.416 e. The fraction of sp³-hybridized carbons (Fsp3) is 0.129. The molecule has 0 fully saturated rings. The van der Waals surface area contributed by atoms with Gasteiger partial charge >= 0.3 is 6.18 Å². The molecule has 2 heterocycles. The van der Waals surface area contributed by atoms with Crippen LogP contribution in [0.25, 0.3) is 22.0 Å². The van der Waals surface area contributed by atoms with Crippen LogP contribution in [0.15, 0.2) is 66.9 Å². The molecule has 0 saturated heterocycles. The van der Waals surface area contributed by atoms with Crippen LogP contribution in [-0.4, -0.2) is 21.6 Å². The van der Waals surface area contributed by atoms with Gasteiger partial charge in [-0.15, -0.1) is 0 Å². The minimum atomic E-state index is -4.89. The minimum Gasteiger partial charge on any atom is -0.341 e. The van der Waals surface area contributed by atoms with E-state index < -0.39 is 46.8 Å². The summed E-state index contributed by atoms with van der Waals surface area (Å²) >= 11 is 6.36. The standard InChI is InChI=1S/C31H20ClF5N4O2/c1-14-5-15(6-18-13-38-41(2)28(14)18)16-9-23-26(27(40-30(23)43)22-12-20(33)3-4-24(22)32)25(10-16)39-29(42)17-7-19(31(35,36)37)11-21(34)8-17/h3-13,27H,1-2H3,(H,39,42)(H,40,43). The number of amides is 2. The van der Waals surface area contributed by atoms with E-state index in [0.717, 1.165) is 28.6 Å².